The molecule has 1 aromatic heterocycles. The minimum absolute atomic E-state index is 0. The molecular weight excluding hydrogens is 328 g/mol. The summed E-state index contributed by atoms with van der Waals surface area (Å²) in [4.78, 5) is 3.30. The van der Waals surface area contributed by atoms with Gasteiger partial charge >= 0.3 is 0 Å². The minimum Gasteiger partial charge on any atom is -0.381 e. The van der Waals surface area contributed by atoms with Crippen LogP contribution in [0.5, 0.6) is 0 Å². The summed E-state index contributed by atoms with van der Waals surface area (Å²) in [6, 6.07) is 6.36. The molecule has 0 saturated carbocycles. The molecule has 3 rings (SSSR count). The Morgan fingerprint density at radius 3 is 2.79 bits per heavy atom. The summed E-state index contributed by atoms with van der Waals surface area (Å²) in [5, 5.41) is 1.23. The lowest BCUT2D eigenvalue weighted by Crippen LogP contribution is -2.27. The zero-order valence-electron chi connectivity index (χ0n) is 10.6. The Kier molecular flexibility index (Phi) is 4.90. The zero-order valence-corrected chi connectivity index (χ0v) is 13.0. The van der Waals surface area contributed by atoms with Crippen molar-refractivity contribution in [1.29, 1.82) is 0 Å². The molecule has 1 fully saturated rings. The number of hydrogen-bond donors (Lipinski definition) is 2. The number of benzene rings is 1. The van der Waals surface area contributed by atoms with E-state index < -0.39 is 0 Å². The summed E-state index contributed by atoms with van der Waals surface area (Å²) < 4.78 is 6.50. The molecule has 1 saturated heterocycles. The van der Waals surface area contributed by atoms with E-state index in [4.69, 9.17) is 10.5 Å². The monoisotopic (exact) mass is 344 g/mol. The van der Waals surface area contributed by atoms with Gasteiger partial charge in [-0.2, -0.15) is 0 Å². The van der Waals surface area contributed by atoms with E-state index in [1.807, 2.05) is 6.07 Å². The van der Waals surface area contributed by atoms with Crippen molar-refractivity contribution in [1.82, 2.24) is 4.98 Å². The molecule has 1 aliphatic heterocycles. The van der Waals surface area contributed by atoms with Crippen LogP contribution in [0.1, 0.15) is 24.4 Å². The molecule has 0 radical (unpaired) electrons. The van der Waals surface area contributed by atoms with E-state index in [9.17, 15) is 0 Å². The lowest BCUT2D eigenvalue weighted by molar-refractivity contribution is 0.0585. The Bertz CT molecular complexity index is 551. The van der Waals surface area contributed by atoms with Crippen LogP contribution in [-0.2, 0) is 4.74 Å². The third-order valence-corrected chi connectivity index (χ3v) is 4.30. The van der Waals surface area contributed by atoms with Gasteiger partial charge in [-0.3, -0.25) is 0 Å². The Hall–Kier alpha value is -0.550. The molecule has 0 bridgehead atoms. The van der Waals surface area contributed by atoms with E-state index in [0.29, 0.717) is 5.92 Å². The normalized spacial score (nSPS) is 18.2. The lowest BCUT2D eigenvalue weighted by atomic mass is 9.88. The van der Waals surface area contributed by atoms with Crippen molar-refractivity contribution in [2.24, 2.45) is 11.7 Å². The van der Waals surface area contributed by atoms with Crippen molar-refractivity contribution >= 4 is 39.2 Å². The fourth-order valence-electron chi connectivity index (χ4n) is 2.72. The van der Waals surface area contributed by atoms with Crippen LogP contribution < -0.4 is 5.73 Å². The van der Waals surface area contributed by atoms with Crippen molar-refractivity contribution in [3.05, 3.63) is 34.4 Å². The van der Waals surface area contributed by atoms with Crippen LogP contribution in [0, 0.1) is 5.92 Å². The SMILES string of the molecule is Cl.N[C@@H](c1c[nH]c2ccc(Br)cc12)C1CCOCC1. The smallest absolute Gasteiger partial charge is 0.0469 e. The molecule has 2 heterocycles. The molecule has 1 aromatic carbocycles. The van der Waals surface area contributed by atoms with Crippen LogP contribution >= 0.6 is 28.3 Å². The molecule has 19 heavy (non-hydrogen) atoms. The highest BCUT2D eigenvalue weighted by molar-refractivity contribution is 9.10. The van der Waals surface area contributed by atoms with Crippen molar-refractivity contribution in [2.75, 3.05) is 13.2 Å². The molecule has 1 aliphatic rings. The fourth-order valence-corrected chi connectivity index (χ4v) is 3.08. The van der Waals surface area contributed by atoms with Crippen LogP contribution in [0.3, 0.4) is 0 Å². The van der Waals surface area contributed by atoms with Crippen molar-refractivity contribution in [2.45, 2.75) is 18.9 Å². The van der Waals surface area contributed by atoms with Gasteiger partial charge in [0.15, 0.2) is 0 Å². The second-order valence-electron chi connectivity index (χ2n) is 4.91. The van der Waals surface area contributed by atoms with Crippen LogP contribution in [0.25, 0.3) is 10.9 Å². The maximum Gasteiger partial charge on any atom is 0.0469 e. The van der Waals surface area contributed by atoms with E-state index in [1.165, 1.54) is 10.9 Å². The Morgan fingerprint density at radius 2 is 2.05 bits per heavy atom. The van der Waals surface area contributed by atoms with E-state index >= 15 is 0 Å². The molecule has 3 nitrogen and oxygen atoms in total. The van der Waals surface area contributed by atoms with Gasteiger partial charge in [0.25, 0.3) is 0 Å². The van der Waals surface area contributed by atoms with Gasteiger partial charge in [0.1, 0.15) is 0 Å². The Labute approximate surface area is 127 Å². The minimum atomic E-state index is 0. The third kappa shape index (κ3) is 2.97. The Balaban J connectivity index is 0.00000133. The number of nitrogens with one attached hydrogen (secondary N) is 1. The number of halogens is 2. The molecule has 104 valence electrons. The number of nitrogens with two attached hydrogens (primary N) is 1. The number of fused-ring (bicyclic) bond motifs is 1. The standard InChI is InChI=1S/C14H17BrN2O.ClH/c15-10-1-2-13-11(7-10)12(8-17-13)14(16)9-3-5-18-6-4-9;/h1-2,7-9,14,17H,3-6,16H2;1H/t14-;/m1./s1. The molecule has 0 amide bonds. The van der Waals surface area contributed by atoms with Gasteiger partial charge in [-0.1, -0.05) is 15.9 Å². The molecule has 0 spiro atoms. The highest BCUT2D eigenvalue weighted by Gasteiger charge is 2.24. The van der Waals surface area contributed by atoms with Crippen LogP contribution in [0.2, 0.25) is 0 Å². The number of hydrogen-bond acceptors (Lipinski definition) is 2. The van der Waals surface area contributed by atoms with E-state index in [2.05, 4.69) is 39.2 Å². The lowest BCUT2D eigenvalue weighted by Gasteiger charge is -2.27. The first-order valence-corrected chi connectivity index (χ1v) is 7.15. The van der Waals surface area contributed by atoms with Crippen LogP contribution in [0.4, 0.5) is 0 Å². The van der Waals surface area contributed by atoms with Gasteiger partial charge in [-0.15, -0.1) is 12.4 Å². The van der Waals surface area contributed by atoms with Gasteiger partial charge in [0.05, 0.1) is 0 Å². The summed E-state index contributed by atoms with van der Waals surface area (Å²) >= 11 is 3.52. The molecular formula is C14H18BrClN2O. The van der Waals surface area contributed by atoms with E-state index in [-0.39, 0.29) is 18.4 Å². The second kappa shape index (κ2) is 6.27. The number of rotatable bonds is 2. The summed E-state index contributed by atoms with van der Waals surface area (Å²) in [6.45, 7) is 1.68. The molecule has 1 atom stereocenters. The maximum absolute atomic E-state index is 6.44. The quantitative estimate of drug-likeness (QED) is 0.870. The number of aromatic nitrogens is 1. The third-order valence-electron chi connectivity index (χ3n) is 3.81. The first-order valence-electron chi connectivity index (χ1n) is 6.35. The largest absolute Gasteiger partial charge is 0.381 e. The summed E-state index contributed by atoms with van der Waals surface area (Å²) in [7, 11) is 0. The predicted octanol–water partition coefficient (Wildman–Crippen LogP) is 3.78. The van der Waals surface area contributed by atoms with Crippen molar-refractivity contribution in [3.63, 3.8) is 0 Å². The van der Waals surface area contributed by atoms with Gasteiger partial charge in [-0.25, -0.2) is 0 Å². The fraction of sp³-hybridized carbons (Fsp3) is 0.429. The second-order valence-corrected chi connectivity index (χ2v) is 5.83. The summed E-state index contributed by atoms with van der Waals surface area (Å²) in [5.74, 6) is 0.525. The van der Waals surface area contributed by atoms with E-state index in [0.717, 1.165) is 36.0 Å². The first-order chi connectivity index (χ1) is 8.75. The average molecular weight is 346 g/mol. The van der Waals surface area contributed by atoms with Crippen LogP contribution in [0.15, 0.2) is 28.9 Å². The van der Waals surface area contributed by atoms with Gasteiger partial charge in [0, 0.05) is 40.8 Å². The molecule has 0 unspecified atom stereocenters. The highest BCUT2D eigenvalue weighted by atomic mass is 79.9. The van der Waals surface area contributed by atoms with Gasteiger partial charge < -0.3 is 15.5 Å². The Morgan fingerprint density at radius 1 is 1.32 bits per heavy atom. The van der Waals surface area contributed by atoms with Gasteiger partial charge in [-0.05, 0) is 42.5 Å². The van der Waals surface area contributed by atoms with E-state index in [1.54, 1.807) is 0 Å². The average Bonchev–Trinajstić information content (AvgIpc) is 2.82. The molecule has 3 N–H and O–H groups in total. The predicted molar refractivity (Wildman–Crippen MR) is 83.7 cm³/mol. The highest BCUT2D eigenvalue weighted by Crippen LogP contribution is 2.33. The number of H-pyrrole nitrogens is 1. The zero-order chi connectivity index (χ0) is 12.5. The molecule has 0 aliphatic carbocycles. The molecule has 2 aromatic rings. The maximum atomic E-state index is 6.44. The summed E-state index contributed by atoms with van der Waals surface area (Å²) in [6.07, 6.45) is 4.17. The first kappa shape index (κ1) is 14.9. The summed E-state index contributed by atoms with van der Waals surface area (Å²) in [5.41, 5.74) is 8.81. The molecule has 5 heteroatoms. The topological polar surface area (TPSA) is 51.0 Å². The van der Waals surface area contributed by atoms with Gasteiger partial charge in [0.2, 0.25) is 0 Å². The van der Waals surface area contributed by atoms with Crippen LogP contribution in [-0.4, -0.2) is 18.2 Å². The van der Waals surface area contributed by atoms with Crippen molar-refractivity contribution in [3.8, 4) is 0 Å². The van der Waals surface area contributed by atoms with Crippen molar-refractivity contribution < 1.29 is 4.74 Å². The number of aromatic amines is 1. The number of ether oxygens (including phenoxy) is 1.